The molecule has 4 nitrogen and oxygen atoms in total. The first kappa shape index (κ1) is 9.03. The number of hydrogen-bond donors (Lipinski definition) is 1. The minimum atomic E-state index is -0.00880. The molecule has 5 heteroatoms. The van der Waals surface area contributed by atoms with Gasteiger partial charge in [0.2, 0.25) is 0 Å². The molecule has 1 unspecified atom stereocenters. The van der Waals surface area contributed by atoms with Crippen LogP contribution < -0.4 is 5.69 Å². The summed E-state index contributed by atoms with van der Waals surface area (Å²) in [5.41, 5.74) is 1.80. The van der Waals surface area contributed by atoms with Crippen molar-refractivity contribution in [3.63, 3.8) is 0 Å². The maximum atomic E-state index is 11.8. The van der Waals surface area contributed by atoms with Gasteiger partial charge in [-0.25, -0.2) is 4.79 Å². The van der Waals surface area contributed by atoms with Gasteiger partial charge >= 0.3 is 5.69 Å². The Bertz CT molecular complexity index is 539. The van der Waals surface area contributed by atoms with Crippen molar-refractivity contribution in [2.45, 2.75) is 12.5 Å². The Labute approximate surface area is 90.7 Å². The van der Waals surface area contributed by atoms with E-state index in [4.69, 9.17) is 0 Å². The molecule has 1 aliphatic heterocycles. The maximum Gasteiger partial charge on any atom is 0.326 e. The molecule has 0 aromatic carbocycles. The molecule has 3 heterocycles. The number of H-pyrrole nitrogens is 1. The average molecular weight is 221 g/mol. The Kier molecular flexibility index (Phi) is 2.05. The highest BCUT2D eigenvalue weighted by atomic mass is 32.2. The van der Waals surface area contributed by atoms with E-state index < -0.39 is 0 Å². The predicted molar refractivity (Wildman–Crippen MR) is 61.3 cm³/mol. The van der Waals surface area contributed by atoms with E-state index in [9.17, 15) is 4.79 Å². The second kappa shape index (κ2) is 3.41. The summed E-state index contributed by atoms with van der Waals surface area (Å²) in [4.78, 5) is 18.6. The summed E-state index contributed by atoms with van der Waals surface area (Å²) in [6.45, 7) is 0. The third-order valence-electron chi connectivity index (χ3n) is 2.79. The molecule has 78 valence electrons. The smallest absolute Gasteiger partial charge is 0.304 e. The zero-order valence-electron chi connectivity index (χ0n) is 8.14. The fraction of sp³-hybridized carbons (Fsp3) is 0.400. The van der Waals surface area contributed by atoms with Crippen molar-refractivity contribution in [2.75, 3.05) is 11.5 Å². The van der Waals surface area contributed by atoms with Crippen LogP contribution in [0.3, 0.4) is 0 Å². The van der Waals surface area contributed by atoms with Gasteiger partial charge in [0.25, 0.3) is 0 Å². The van der Waals surface area contributed by atoms with Gasteiger partial charge in [0, 0.05) is 18.0 Å². The zero-order valence-corrected chi connectivity index (χ0v) is 8.96. The molecule has 0 aliphatic carbocycles. The second-order valence-corrected chi connectivity index (χ2v) is 4.86. The number of nitrogens with zero attached hydrogens (tertiary/aromatic N) is 2. The molecule has 1 aliphatic rings. The van der Waals surface area contributed by atoms with Crippen molar-refractivity contribution in [1.29, 1.82) is 0 Å². The van der Waals surface area contributed by atoms with Crippen LogP contribution in [0.4, 0.5) is 0 Å². The maximum absolute atomic E-state index is 11.8. The van der Waals surface area contributed by atoms with Gasteiger partial charge in [-0.15, -0.1) is 0 Å². The minimum absolute atomic E-state index is 0.00880. The molecule has 1 saturated heterocycles. The van der Waals surface area contributed by atoms with Gasteiger partial charge in [-0.1, -0.05) is 0 Å². The third kappa shape index (κ3) is 1.38. The number of aromatic nitrogens is 3. The number of nitrogens with one attached hydrogen (secondary N) is 1. The highest BCUT2D eigenvalue weighted by Gasteiger charge is 2.21. The highest BCUT2D eigenvalue weighted by molar-refractivity contribution is 7.99. The molecular weight excluding hydrogens is 210 g/mol. The quantitative estimate of drug-likeness (QED) is 0.792. The lowest BCUT2D eigenvalue weighted by molar-refractivity contribution is 0.559. The summed E-state index contributed by atoms with van der Waals surface area (Å²) in [6.07, 6.45) is 4.52. The molecule has 0 saturated carbocycles. The molecule has 2 aromatic rings. The van der Waals surface area contributed by atoms with Crippen LogP contribution in [0, 0.1) is 0 Å². The molecule has 1 N–H and O–H groups in total. The van der Waals surface area contributed by atoms with Gasteiger partial charge in [0.05, 0.1) is 17.2 Å². The van der Waals surface area contributed by atoms with E-state index in [1.807, 2.05) is 22.4 Å². The highest BCUT2D eigenvalue weighted by Crippen LogP contribution is 2.28. The topological polar surface area (TPSA) is 50.7 Å². The van der Waals surface area contributed by atoms with E-state index in [0.717, 1.165) is 29.0 Å². The van der Waals surface area contributed by atoms with Crippen molar-refractivity contribution < 1.29 is 0 Å². The van der Waals surface area contributed by atoms with E-state index in [1.54, 1.807) is 12.4 Å². The standard InChI is InChI=1S/C10H11N3OS/c14-10-12-8-5-11-3-1-9(8)13(10)7-2-4-15-6-7/h1,3,5,7H,2,4,6H2,(H,12,14). The Morgan fingerprint density at radius 2 is 2.53 bits per heavy atom. The molecule has 0 radical (unpaired) electrons. The van der Waals surface area contributed by atoms with Crippen molar-refractivity contribution in [3.05, 3.63) is 28.9 Å². The van der Waals surface area contributed by atoms with Gasteiger partial charge in [0.15, 0.2) is 0 Å². The van der Waals surface area contributed by atoms with E-state index in [0.29, 0.717) is 6.04 Å². The van der Waals surface area contributed by atoms with E-state index in [2.05, 4.69) is 9.97 Å². The fourth-order valence-electron chi connectivity index (χ4n) is 2.07. The largest absolute Gasteiger partial charge is 0.326 e. The van der Waals surface area contributed by atoms with Gasteiger partial charge in [-0.3, -0.25) is 9.55 Å². The van der Waals surface area contributed by atoms with Crippen molar-refractivity contribution in [3.8, 4) is 0 Å². The zero-order chi connectivity index (χ0) is 10.3. The Hall–Kier alpha value is -1.23. The monoisotopic (exact) mass is 221 g/mol. The van der Waals surface area contributed by atoms with Crippen LogP contribution in [0.25, 0.3) is 11.0 Å². The van der Waals surface area contributed by atoms with Crippen molar-refractivity contribution in [2.24, 2.45) is 0 Å². The lowest BCUT2D eigenvalue weighted by atomic mass is 10.2. The number of fused-ring (bicyclic) bond motifs is 1. The summed E-state index contributed by atoms with van der Waals surface area (Å²) >= 11 is 1.91. The lowest BCUT2D eigenvalue weighted by Crippen LogP contribution is -2.21. The van der Waals surface area contributed by atoms with Gasteiger partial charge < -0.3 is 4.98 Å². The molecular formula is C10H11N3OS. The number of thioether (sulfide) groups is 1. The average Bonchev–Trinajstić information content (AvgIpc) is 2.82. The Balaban J connectivity index is 2.23. The normalized spacial score (nSPS) is 21.2. The summed E-state index contributed by atoms with van der Waals surface area (Å²) in [6, 6.07) is 2.24. The van der Waals surface area contributed by atoms with Crippen LogP contribution in [-0.2, 0) is 0 Å². The van der Waals surface area contributed by atoms with Crippen LogP contribution in [0.5, 0.6) is 0 Å². The fourth-order valence-corrected chi connectivity index (χ4v) is 3.26. The molecule has 0 spiro atoms. The van der Waals surface area contributed by atoms with E-state index in [-0.39, 0.29) is 5.69 Å². The molecule has 3 rings (SSSR count). The number of imidazole rings is 1. The van der Waals surface area contributed by atoms with E-state index in [1.165, 1.54) is 0 Å². The van der Waals surface area contributed by atoms with Crippen molar-refractivity contribution >= 4 is 22.8 Å². The summed E-state index contributed by atoms with van der Waals surface area (Å²) in [5, 5.41) is 0. The summed E-state index contributed by atoms with van der Waals surface area (Å²) < 4.78 is 1.87. The van der Waals surface area contributed by atoms with Crippen LogP contribution in [0.15, 0.2) is 23.3 Å². The Morgan fingerprint density at radius 1 is 1.60 bits per heavy atom. The first-order valence-electron chi connectivity index (χ1n) is 4.98. The number of aromatic amines is 1. The van der Waals surface area contributed by atoms with Gasteiger partial charge in [0.1, 0.15) is 0 Å². The van der Waals surface area contributed by atoms with Gasteiger partial charge in [-0.2, -0.15) is 11.8 Å². The van der Waals surface area contributed by atoms with Crippen LogP contribution >= 0.6 is 11.8 Å². The number of pyridine rings is 1. The van der Waals surface area contributed by atoms with Crippen LogP contribution in [0.2, 0.25) is 0 Å². The molecule has 15 heavy (non-hydrogen) atoms. The summed E-state index contributed by atoms with van der Waals surface area (Å²) in [5.74, 6) is 2.18. The molecule has 0 amide bonds. The number of rotatable bonds is 1. The first-order chi connectivity index (χ1) is 7.36. The van der Waals surface area contributed by atoms with Crippen LogP contribution in [-0.4, -0.2) is 26.0 Å². The third-order valence-corrected chi connectivity index (χ3v) is 3.93. The molecule has 0 bridgehead atoms. The number of hydrogen-bond acceptors (Lipinski definition) is 3. The minimum Gasteiger partial charge on any atom is -0.304 e. The molecule has 1 atom stereocenters. The van der Waals surface area contributed by atoms with Crippen LogP contribution in [0.1, 0.15) is 12.5 Å². The molecule has 2 aromatic heterocycles. The first-order valence-corrected chi connectivity index (χ1v) is 6.14. The lowest BCUT2D eigenvalue weighted by Gasteiger charge is -2.09. The van der Waals surface area contributed by atoms with Gasteiger partial charge in [-0.05, 0) is 18.2 Å². The van der Waals surface area contributed by atoms with Crippen molar-refractivity contribution in [1.82, 2.24) is 14.5 Å². The van der Waals surface area contributed by atoms with E-state index >= 15 is 0 Å². The predicted octanol–water partition coefficient (Wildman–Crippen LogP) is 1.40. The SMILES string of the molecule is O=c1[nH]c2cnccc2n1C1CCSC1. The molecule has 1 fully saturated rings. The second-order valence-electron chi connectivity index (χ2n) is 3.71. The summed E-state index contributed by atoms with van der Waals surface area (Å²) in [7, 11) is 0. The Morgan fingerprint density at radius 3 is 3.33 bits per heavy atom.